The van der Waals surface area contributed by atoms with Gasteiger partial charge in [-0.15, -0.1) is 0 Å². The molecule has 0 unspecified atom stereocenters. The molecule has 1 saturated carbocycles. The van der Waals surface area contributed by atoms with E-state index in [-0.39, 0.29) is 12.1 Å². The van der Waals surface area contributed by atoms with Gasteiger partial charge >= 0.3 is 0 Å². The highest BCUT2D eigenvalue weighted by Crippen LogP contribution is 2.31. The molecule has 35 heavy (non-hydrogen) atoms. The van der Waals surface area contributed by atoms with Gasteiger partial charge in [-0.2, -0.15) is 5.10 Å². The fraction of sp³-hybridized carbons (Fsp3) is 0.286. The summed E-state index contributed by atoms with van der Waals surface area (Å²) in [4.78, 5) is 6.90. The summed E-state index contributed by atoms with van der Waals surface area (Å²) in [5.74, 6) is 0.748. The van der Waals surface area contributed by atoms with E-state index in [0.717, 1.165) is 65.0 Å². The molecule has 1 aromatic carbocycles. The number of anilines is 1. The van der Waals surface area contributed by atoms with E-state index >= 15 is 0 Å². The number of hydrogen-bond acceptors (Lipinski definition) is 6. The average Bonchev–Trinajstić information content (AvgIpc) is 3.32. The molecule has 0 bridgehead atoms. The van der Waals surface area contributed by atoms with E-state index in [1.54, 1.807) is 10.9 Å². The van der Waals surface area contributed by atoms with E-state index in [0.29, 0.717) is 0 Å². The van der Waals surface area contributed by atoms with Crippen molar-refractivity contribution in [1.29, 1.82) is 0 Å². The second-order valence-corrected chi connectivity index (χ2v) is 8.99. The van der Waals surface area contributed by atoms with Crippen molar-refractivity contribution >= 4 is 11.4 Å². The fourth-order valence-corrected chi connectivity index (χ4v) is 4.27. The molecule has 0 saturated heterocycles. The van der Waals surface area contributed by atoms with Gasteiger partial charge in [0.05, 0.1) is 18.0 Å². The molecule has 0 atom stereocenters. The zero-order valence-electron chi connectivity index (χ0n) is 20.5. The van der Waals surface area contributed by atoms with E-state index in [2.05, 4.69) is 53.4 Å². The van der Waals surface area contributed by atoms with Gasteiger partial charge in [0.25, 0.3) is 0 Å². The van der Waals surface area contributed by atoms with Crippen LogP contribution in [0.15, 0.2) is 80.4 Å². The second kappa shape index (κ2) is 11.2. The van der Waals surface area contributed by atoms with Gasteiger partial charge in [0.2, 0.25) is 0 Å². The fourth-order valence-electron chi connectivity index (χ4n) is 4.27. The Kier molecular flexibility index (Phi) is 7.80. The summed E-state index contributed by atoms with van der Waals surface area (Å²) in [7, 11) is 3.85. The van der Waals surface area contributed by atoms with Crippen molar-refractivity contribution in [2.75, 3.05) is 12.5 Å². The smallest absolute Gasteiger partial charge is 0.148 e. The summed E-state index contributed by atoms with van der Waals surface area (Å²) in [5, 5.41) is 14.2. The van der Waals surface area contributed by atoms with Crippen LogP contribution >= 0.6 is 0 Å². The third-order valence-corrected chi connectivity index (χ3v) is 6.34. The molecule has 7 nitrogen and oxygen atoms in total. The van der Waals surface area contributed by atoms with E-state index in [4.69, 9.17) is 4.98 Å². The molecule has 2 aromatic heterocycles. The lowest BCUT2D eigenvalue weighted by Crippen LogP contribution is -2.38. The highest BCUT2D eigenvalue weighted by Gasteiger charge is 2.20. The Hall–Kier alpha value is -3.68. The van der Waals surface area contributed by atoms with Crippen LogP contribution < -0.4 is 10.9 Å². The number of aromatic nitrogens is 3. The van der Waals surface area contributed by atoms with Crippen LogP contribution in [0.3, 0.4) is 0 Å². The number of nitrogens with one attached hydrogen (secondary N) is 2. The molecule has 182 valence electrons. The Balaban J connectivity index is 1.66. The summed E-state index contributed by atoms with van der Waals surface area (Å²) in [5.41, 5.74) is 12.7. The van der Waals surface area contributed by atoms with Gasteiger partial charge < -0.3 is 15.4 Å². The number of hydrazine groups is 1. The number of pyridine rings is 1. The molecule has 1 aliphatic carbocycles. The third kappa shape index (κ3) is 6.07. The van der Waals surface area contributed by atoms with Crippen molar-refractivity contribution in [3.05, 3.63) is 86.0 Å². The number of aryl methyl sites for hydroxylation is 1. The molecule has 4 rings (SSSR count). The lowest BCUT2D eigenvalue weighted by Gasteiger charge is -2.27. The van der Waals surface area contributed by atoms with E-state index < -0.39 is 0 Å². The number of benzene rings is 1. The van der Waals surface area contributed by atoms with Gasteiger partial charge in [-0.05, 0) is 61.2 Å². The van der Waals surface area contributed by atoms with Crippen LogP contribution in [-0.2, 0) is 7.05 Å². The standard InChI is InChI=1S/C28H34N6O/c1-5-20(18-33(3)6-2)21-8-7-9-22(16-21)27-15-14-26(23-17-29-34(4)19-23)28(30-27)32-31-24-10-12-25(35)13-11-24/h5-9,14-19,24-25,31,35H,1-2,10-13H2,3-4H3,(H,30,32)/b20-18+. The first-order chi connectivity index (χ1) is 17.0. The Morgan fingerprint density at radius 2 is 1.94 bits per heavy atom. The lowest BCUT2D eigenvalue weighted by molar-refractivity contribution is 0.118. The minimum Gasteiger partial charge on any atom is -0.393 e. The van der Waals surface area contributed by atoms with Gasteiger partial charge in [-0.3, -0.25) is 4.68 Å². The molecule has 3 aromatic rings. The van der Waals surface area contributed by atoms with Crippen LogP contribution in [0.25, 0.3) is 28.0 Å². The summed E-state index contributed by atoms with van der Waals surface area (Å²) < 4.78 is 1.79. The molecule has 2 heterocycles. The Bertz CT molecular complexity index is 1210. The Morgan fingerprint density at radius 3 is 2.63 bits per heavy atom. The summed E-state index contributed by atoms with van der Waals surface area (Å²) in [6, 6.07) is 12.7. The number of allylic oxidation sites excluding steroid dienone is 2. The quantitative estimate of drug-likeness (QED) is 0.303. The van der Waals surface area contributed by atoms with Crippen LogP contribution in [0.2, 0.25) is 0 Å². The minimum atomic E-state index is -0.187. The molecular formula is C28H34N6O. The predicted molar refractivity (Wildman–Crippen MR) is 143 cm³/mol. The van der Waals surface area contributed by atoms with Gasteiger partial charge in [-0.1, -0.05) is 37.4 Å². The summed E-state index contributed by atoms with van der Waals surface area (Å²) >= 11 is 0. The summed E-state index contributed by atoms with van der Waals surface area (Å²) in [6.07, 6.45) is 12.7. The van der Waals surface area contributed by atoms with Crippen molar-refractivity contribution in [1.82, 2.24) is 25.1 Å². The second-order valence-electron chi connectivity index (χ2n) is 8.99. The third-order valence-electron chi connectivity index (χ3n) is 6.34. The minimum absolute atomic E-state index is 0.187. The zero-order valence-corrected chi connectivity index (χ0v) is 20.5. The average molecular weight is 471 g/mol. The van der Waals surface area contributed by atoms with Gasteiger partial charge in [-0.25, -0.2) is 10.4 Å². The zero-order chi connectivity index (χ0) is 24.8. The molecule has 1 aliphatic rings. The maximum absolute atomic E-state index is 9.82. The first-order valence-electron chi connectivity index (χ1n) is 12.0. The molecule has 0 aliphatic heterocycles. The van der Waals surface area contributed by atoms with Gasteiger partial charge in [0, 0.05) is 49.2 Å². The van der Waals surface area contributed by atoms with Crippen LogP contribution in [0, 0.1) is 0 Å². The largest absolute Gasteiger partial charge is 0.393 e. The predicted octanol–water partition coefficient (Wildman–Crippen LogP) is 4.97. The molecule has 1 fully saturated rings. The highest BCUT2D eigenvalue weighted by molar-refractivity contribution is 5.80. The maximum atomic E-state index is 9.82. The molecule has 0 radical (unpaired) electrons. The number of aliphatic hydroxyl groups is 1. The summed E-state index contributed by atoms with van der Waals surface area (Å²) in [6.45, 7) is 7.79. The van der Waals surface area contributed by atoms with Crippen molar-refractivity contribution in [2.24, 2.45) is 7.05 Å². The molecule has 0 spiro atoms. The highest BCUT2D eigenvalue weighted by atomic mass is 16.3. The normalized spacial score (nSPS) is 18.2. The monoisotopic (exact) mass is 470 g/mol. The van der Waals surface area contributed by atoms with Crippen LogP contribution in [-0.4, -0.2) is 44.0 Å². The Labute approximate surface area is 207 Å². The first kappa shape index (κ1) is 24.4. The lowest BCUT2D eigenvalue weighted by atomic mass is 9.94. The van der Waals surface area contributed by atoms with Gasteiger partial charge in [0.15, 0.2) is 0 Å². The maximum Gasteiger partial charge on any atom is 0.148 e. The topological polar surface area (TPSA) is 78.2 Å². The van der Waals surface area contributed by atoms with Crippen molar-refractivity contribution in [3.8, 4) is 22.4 Å². The van der Waals surface area contributed by atoms with Gasteiger partial charge in [0.1, 0.15) is 5.82 Å². The SMILES string of the molecule is C=C/C(=C\N(C)C=C)c1cccc(-c2ccc(-c3cnn(C)c3)c(NNC3CCC(O)CC3)n2)c1. The van der Waals surface area contributed by atoms with Crippen molar-refractivity contribution in [3.63, 3.8) is 0 Å². The van der Waals surface area contributed by atoms with E-state index in [1.807, 2.05) is 55.8 Å². The molecular weight excluding hydrogens is 436 g/mol. The number of hydrogen-bond donors (Lipinski definition) is 3. The van der Waals surface area contributed by atoms with Crippen molar-refractivity contribution < 1.29 is 5.11 Å². The van der Waals surface area contributed by atoms with Crippen LogP contribution in [0.1, 0.15) is 31.2 Å². The van der Waals surface area contributed by atoms with E-state index in [9.17, 15) is 5.11 Å². The van der Waals surface area contributed by atoms with Crippen LogP contribution in [0.4, 0.5) is 5.82 Å². The molecule has 7 heteroatoms. The van der Waals surface area contributed by atoms with Crippen LogP contribution in [0.5, 0.6) is 0 Å². The number of nitrogens with zero attached hydrogens (tertiary/aromatic N) is 4. The Morgan fingerprint density at radius 1 is 1.14 bits per heavy atom. The van der Waals surface area contributed by atoms with E-state index in [1.165, 1.54) is 0 Å². The number of rotatable bonds is 9. The molecule has 0 amide bonds. The number of aliphatic hydroxyl groups excluding tert-OH is 1. The van der Waals surface area contributed by atoms with Crippen molar-refractivity contribution in [2.45, 2.75) is 37.8 Å². The first-order valence-corrected chi connectivity index (χ1v) is 12.0. The molecule has 3 N–H and O–H groups in total.